The molecule has 2 atom stereocenters. The van der Waals surface area contributed by atoms with Crippen molar-refractivity contribution in [2.75, 3.05) is 13.2 Å². The van der Waals surface area contributed by atoms with E-state index in [1.165, 1.54) is 22.3 Å². The third-order valence-corrected chi connectivity index (χ3v) is 5.35. The lowest BCUT2D eigenvalue weighted by Gasteiger charge is -2.22. The molecule has 1 aliphatic heterocycles. The predicted molar refractivity (Wildman–Crippen MR) is 95.0 cm³/mol. The van der Waals surface area contributed by atoms with Crippen LogP contribution in [0.3, 0.4) is 0 Å². The molecule has 1 aliphatic carbocycles. The molecule has 1 saturated heterocycles. The summed E-state index contributed by atoms with van der Waals surface area (Å²) in [6, 6.07) is 17.1. The number of hydrogen-bond acceptors (Lipinski definition) is 2. The van der Waals surface area contributed by atoms with Gasteiger partial charge in [-0.25, -0.2) is 4.79 Å². The second kappa shape index (κ2) is 5.97. The van der Waals surface area contributed by atoms with Gasteiger partial charge in [-0.3, -0.25) is 0 Å². The van der Waals surface area contributed by atoms with Crippen molar-refractivity contribution in [1.29, 1.82) is 0 Å². The van der Waals surface area contributed by atoms with Crippen LogP contribution >= 0.6 is 0 Å². The summed E-state index contributed by atoms with van der Waals surface area (Å²) >= 11 is 0. The van der Waals surface area contributed by atoms with E-state index in [0.29, 0.717) is 12.5 Å². The van der Waals surface area contributed by atoms with Gasteiger partial charge in [-0.1, -0.05) is 55.5 Å². The SMILES string of the molecule is CC1C[C@@H](C)N(C(=O)OCC2c3ccccc3-c3ccccc32)C1. The van der Waals surface area contributed by atoms with Gasteiger partial charge >= 0.3 is 6.09 Å². The standard InChI is InChI=1S/C21H23NO2/c1-14-11-15(2)22(12-14)21(23)24-13-20-18-9-5-3-7-16(18)17-8-4-6-10-19(17)20/h3-10,14-15,20H,11-13H2,1-2H3/t14?,15-/m1/s1. The lowest BCUT2D eigenvalue weighted by Crippen LogP contribution is -2.35. The minimum Gasteiger partial charge on any atom is -0.448 e. The minimum absolute atomic E-state index is 0.136. The molecule has 0 saturated carbocycles. The topological polar surface area (TPSA) is 29.5 Å². The minimum atomic E-state index is -0.172. The fraction of sp³-hybridized carbons (Fsp3) is 0.381. The van der Waals surface area contributed by atoms with E-state index in [2.05, 4.69) is 62.4 Å². The Morgan fingerprint density at radius 2 is 1.62 bits per heavy atom. The second-order valence-electron chi connectivity index (χ2n) is 7.15. The molecule has 3 heteroatoms. The van der Waals surface area contributed by atoms with Gasteiger partial charge in [0.25, 0.3) is 0 Å². The third-order valence-electron chi connectivity index (χ3n) is 5.35. The van der Waals surface area contributed by atoms with Gasteiger partial charge in [-0.15, -0.1) is 0 Å². The molecule has 0 bridgehead atoms. The molecule has 1 fully saturated rings. The Bertz CT molecular complexity index is 724. The van der Waals surface area contributed by atoms with Crippen LogP contribution < -0.4 is 0 Å². The summed E-state index contributed by atoms with van der Waals surface area (Å²) in [5.41, 5.74) is 5.04. The summed E-state index contributed by atoms with van der Waals surface area (Å²) in [6.07, 6.45) is 0.887. The van der Waals surface area contributed by atoms with Gasteiger partial charge in [0, 0.05) is 18.5 Å². The van der Waals surface area contributed by atoms with E-state index in [4.69, 9.17) is 4.74 Å². The first-order valence-electron chi connectivity index (χ1n) is 8.76. The Morgan fingerprint density at radius 3 is 2.17 bits per heavy atom. The highest BCUT2D eigenvalue weighted by molar-refractivity contribution is 5.79. The molecule has 0 N–H and O–H groups in total. The first kappa shape index (κ1) is 15.3. The van der Waals surface area contributed by atoms with Gasteiger partial charge in [0.15, 0.2) is 0 Å². The van der Waals surface area contributed by atoms with E-state index >= 15 is 0 Å². The number of carbonyl (C=O) groups is 1. The molecule has 4 rings (SSSR count). The molecule has 1 unspecified atom stereocenters. The van der Waals surface area contributed by atoms with E-state index in [1.807, 2.05) is 4.90 Å². The average Bonchev–Trinajstić information content (AvgIpc) is 3.10. The van der Waals surface area contributed by atoms with Crippen molar-refractivity contribution in [3.8, 4) is 11.1 Å². The third kappa shape index (κ3) is 2.48. The van der Waals surface area contributed by atoms with Gasteiger partial charge in [0.1, 0.15) is 6.61 Å². The Hall–Kier alpha value is -2.29. The van der Waals surface area contributed by atoms with Crippen molar-refractivity contribution in [3.05, 3.63) is 59.7 Å². The summed E-state index contributed by atoms with van der Waals surface area (Å²) in [7, 11) is 0. The van der Waals surface area contributed by atoms with E-state index in [1.54, 1.807) is 0 Å². The number of nitrogens with zero attached hydrogens (tertiary/aromatic N) is 1. The summed E-state index contributed by atoms with van der Waals surface area (Å²) < 4.78 is 5.73. The fourth-order valence-electron chi connectivity index (χ4n) is 4.23. The van der Waals surface area contributed by atoms with Crippen LogP contribution in [0.2, 0.25) is 0 Å². The molecule has 2 aliphatic rings. The van der Waals surface area contributed by atoms with Crippen molar-refractivity contribution >= 4 is 6.09 Å². The zero-order valence-corrected chi connectivity index (χ0v) is 14.2. The lowest BCUT2D eigenvalue weighted by atomic mass is 9.98. The average molecular weight is 321 g/mol. The first-order valence-corrected chi connectivity index (χ1v) is 8.76. The molecule has 0 spiro atoms. The number of likely N-dealkylation sites (tertiary alicyclic amines) is 1. The molecule has 1 amide bonds. The molecular weight excluding hydrogens is 298 g/mol. The van der Waals surface area contributed by atoms with Gasteiger partial charge < -0.3 is 9.64 Å². The van der Waals surface area contributed by atoms with Crippen LogP contribution in [0.5, 0.6) is 0 Å². The van der Waals surface area contributed by atoms with Crippen LogP contribution in [0, 0.1) is 5.92 Å². The number of fused-ring (bicyclic) bond motifs is 3. The number of hydrogen-bond donors (Lipinski definition) is 0. The highest BCUT2D eigenvalue weighted by Crippen LogP contribution is 2.44. The van der Waals surface area contributed by atoms with Gasteiger partial charge in [-0.2, -0.15) is 0 Å². The normalized spacial score (nSPS) is 22.3. The maximum atomic E-state index is 12.5. The Balaban J connectivity index is 1.54. The van der Waals surface area contributed by atoms with Gasteiger partial charge in [0.05, 0.1) is 0 Å². The summed E-state index contributed by atoms with van der Waals surface area (Å²) in [6.45, 7) is 5.50. The zero-order chi connectivity index (χ0) is 16.7. The number of rotatable bonds is 2. The molecular formula is C21H23NO2. The first-order chi connectivity index (χ1) is 11.6. The van der Waals surface area contributed by atoms with Crippen LogP contribution in [-0.4, -0.2) is 30.2 Å². The molecule has 1 heterocycles. The zero-order valence-electron chi connectivity index (χ0n) is 14.2. The molecule has 24 heavy (non-hydrogen) atoms. The largest absolute Gasteiger partial charge is 0.448 e. The maximum Gasteiger partial charge on any atom is 0.410 e. The summed E-state index contributed by atoms with van der Waals surface area (Å²) in [5.74, 6) is 0.692. The monoisotopic (exact) mass is 321 g/mol. The predicted octanol–water partition coefficient (Wildman–Crippen LogP) is 4.67. The molecule has 0 radical (unpaired) electrons. The van der Waals surface area contributed by atoms with Crippen molar-refractivity contribution in [3.63, 3.8) is 0 Å². The Kier molecular flexibility index (Phi) is 3.79. The lowest BCUT2D eigenvalue weighted by molar-refractivity contribution is 0.0972. The second-order valence-corrected chi connectivity index (χ2v) is 7.15. The molecule has 2 aromatic carbocycles. The smallest absolute Gasteiger partial charge is 0.410 e. The Labute approximate surface area is 143 Å². The van der Waals surface area contributed by atoms with Crippen molar-refractivity contribution in [2.24, 2.45) is 5.92 Å². The van der Waals surface area contributed by atoms with Crippen molar-refractivity contribution < 1.29 is 9.53 Å². The van der Waals surface area contributed by atoms with Gasteiger partial charge in [-0.05, 0) is 41.5 Å². The van der Waals surface area contributed by atoms with E-state index in [9.17, 15) is 4.79 Å². The fourth-order valence-corrected chi connectivity index (χ4v) is 4.23. The summed E-state index contributed by atoms with van der Waals surface area (Å²) in [4.78, 5) is 14.4. The highest BCUT2D eigenvalue weighted by atomic mass is 16.6. The number of amides is 1. The molecule has 0 aromatic heterocycles. The van der Waals surface area contributed by atoms with Crippen LogP contribution in [0.25, 0.3) is 11.1 Å². The van der Waals surface area contributed by atoms with E-state index in [0.717, 1.165) is 13.0 Å². The highest BCUT2D eigenvalue weighted by Gasteiger charge is 2.33. The van der Waals surface area contributed by atoms with Crippen LogP contribution in [0.4, 0.5) is 4.79 Å². The van der Waals surface area contributed by atoms with Crippen LogP contribution in [-0.2, 0) is 4.74 Å². The number of benzene rings is 2. The van der Waals surface area contributed by atoms with Crippen molar-refractivity contribution in [1.82, 2.24) is 4.90 Å². The van der Waals surface area contributed by atoms with Crippen molar-refractivity contribution in [2.45, 2.75) is 32.2 Å². The maximum absolute atomic E-state index is 12.5. The number of carbonyl (C=O) groups excluding carboxylic acids is 1. The Morgan fingerprint density at radius 1 is 1.04 bits per heavy atom. The van der Waals surface area contributed by atoms with Crippen LogP contribution in [0.1, 0.15) is 37.3 Å². The van der Waals surface area contributed by atoms with E-state index < -0.39 is 0 Å². The molecule has 2 aromatic rings. The van der Waals surface area contributed by atoms with E-state index in [-0.39, 0.29) is 18.1 Å². The molecule has 124 valence electrons. The quantitative estimate of drug-likeness (QED) is 0.804. The van der Waals surface area contributed by atoms with Crippen LogP contribution in [0.15, 0.2) is 48.5 Å². The summed E-state index contributed by atoms with van der Waals surface area (Å²) in [5, 5.41) is 0. The number of ether oxygens (including phenoxy) is 1. The van der Waals surface area contributed by atoms with Gasteiger partial charge in [0.2, 0.25) is 0 Å². The molecule has 3 nitrogen and oxygen atoms in total.